The first-order chi connectivity index (χ1) is 7.23. The van der Waals surface area contributed by atoms with E-state index in [9.17, 15) is 0 Å². The second kappa shape index (κ2) is 4.77. The van der Waals surface area contributed by atoms with Gasteiger partial charge in [-0.1, -0.05) is 19.8 Å². The van der Waals surface area contributed by atoms with Gasteiger partial charge in [0.15, 0.2) is 0 Å². The maximum atomic E-state index is 4.23. The third kappa shape index (κ3) is 2.68. The molecular weight excluding hydrogens is 204 g/mol. The molecule has 1 aliphatic heterocycles. The number of hydrogen-bond donors (Lipinski definition) is 1. The zero-order valence-electron chi connectivity index (χ0n) is 9.83. The lowest BCUT2D eigenvalue weighted by molar-refractivity contribution is 0.411. The Morgan fingerprint density at radius 3 is 3.00 bits per heavy atom. The Hall–Kier alpha value is -0.180. The van der Waals surface area contributed by atoms with Crippen LogP contribution in [0, 0.1) is 5.92 Å². The van der Waals surface area contributed by atoms with E-state index in [1.165, 1.54) is 38.5 Å². The number of nitrogens with zero attached hydrogens (tertiary/aromatic N) is 1. The predicted octanol–water partition coefficient (Wildman–Crippen LogP) is 3.04. The Balaban J connectivity index is 1.98. The highest BCUT2D eigenvalue weighted by Crippen LogP contribution is 2.36. The molecule has 2 rings (SSSR count). The monoisotopic (exact) mass is 226 g/mol. The Labute approximate surface area is 97.3 Å². The first kappa shape index (κ1) is 11.3. The van der Waals surface area contributed by atoms with Crippen molar-refractivity contribution in [2.45, 2.75) is 56.2 Å². The van der Waals surface area contributed by atoms with Crippen LogP contribution in [0.15, 0.2) is 5.10 Å². The lowest BCUT2D eigenvalue weighted by Gasteiger charge is -2.28. The number of rotatable bonds is 1. The molecule has 3 atom stereocenters. The second-order valence-corrected chi connectivity index (χ2v) is 6.51. The van der Waals surface area contributed by atoms with Gasteiger partial charge in [0.25, 0.3) is 0 Å². The van der Waals surface area contributed by atoms with Crippen molar-refractivity contribution >= 4 is 18.0 Å². The van der Waals surface area contributed by atoms with Gasteiger partial charge in [-0.2, -0.15) is 16.9 Å². The lowest BCUT2D eigenvalue weighted by Crippen LogP contribution is -2.29. The zero-order chi connectivity index (χ0) is 10.7. The van der Waals surface area contributed by atoms with Crippen molar-refractivity contribution in [3.63, 3.8) is 0 Å². The largest absolute Gasteiger partial charge is 0.307 e. The maximum absolute atomic E-state index is 4.23. The molecule has 0 radical (unpaired) electrons. The topological polar surface area (TPSA) is 24.4 Å². The van der Waals surface area contributed by atoms with Crippen LogP contribution in [0.3, 0.4) is 0 Å². The molecule has 0 spiro atoms. The van der Waals surface area contributed by atoms with Crippen LogP contribution in [0.25, 0.3) is 0 Å². The number of fused-ring (bicyclic) bond motifs is 1. The van der Waals surface area contributed by atoms with E-state index in [1.807, 2.05) is 11.8 Å². The van der Waals surface area contributed by atoms with Gasteiger partial charge in [-0.15, -0.1) is 0 Å². The Morgan fingerprint density at radius 1 is 1.33 bits per heavy atom. The third-order valence-corrected chi connectivity index (χ3v) is 5.39. The molecule has 2 aliphatic rings. The van der Waals surface area contributed by atoms with E-state index in [4.69, 9.17) is 0 Å². The predicted molar refractivity (Wildman–Crippen MR) is 68.5 cm³/mol. The fourth-order valence-electron chi connectivity index (χ4n) is 2.66. The van der Waals surface area contributed by atoms with Crippen LogP contribution < -0.4 is 5.43 Å². The molecule has 15 heavy (non-hydrogen) atoms. The first-order valence-corrected chi connectivity index (χ1v) is 7.30. The summed E-state index contributed by atoms with van der Waals surface area (Å²) >= 11 is 2.05. The van der Waals surface area contributed by atoms with Crippen molar-refractivity contribution in [3.05, 3.63) is 0 Å². The van der Waals surface area contributed by atoms with Crippen molar-refractivity contribution in [3.8, 4) is 0 Å². The van der Waals surface area contributed by atoms with Crippen LogP contribution in [0.2, 0.25) is 0 Å². The Bertz CT molecular complexity index is 242. The van der Waals surface area contributed by atoms with Crippen molar-refractivity contribution in [1.29, 1.82) is 0 Å². The zero-order valence-corrected chi connectivity index (χ0v) is 10.6. The van der Waals surface area contributed by atoms with Gasteiger partial charge in [0, 0.05) is 16.9 Å². The summed E-state index contributed by atoms with van der Waals surface area (Å²) in [4.78, 5) is 0. The molecular formula is C12H22N2S. The van der Waals surface area contributed by atoms with Gasteiger partial charge >= 0.3 is 0 Å². The van der Waals surface area contributed by atoms with Crippen LogP contribution in [0.5, 0.6) is 0 Å². The summed E-state index contributed by atoms with van der Waals surface area (Å²) in [5.74, 6) is 0.703. The summed E-state index contributed by atoms with van der Waals surface area (Å²) in [7, 11) is 0. The van der Waals surface area contributed by atoms with E-state index in [2.05, 4.69) is 29.9 Å². The minimum atomic E-state index is 0.499. The van der Waals surface area contributed by atoms with Crippen molar-refractivity contribution in [1.82, 2.24) is 5.43 Å². The molecule has 1 fully saturated rings. The summed E-state index contributed by atoms with van der Waals surface area (Å²) in [6.45, 7) is 2.42. The minimum absolute atomic E-state index is 0.499. The molecule has 0 aromatic rings. The van der Waals surface area contributed by atoms with Gasteiger partial charge < -0.3 is 5.43 Å². The summed E-state index contributed by atoms with van der Waals surface area (Å²) < 4.78 is 0.499. The summed E-state index contributed by atoms with van der Waals surface area (Å²) in [5, 5.41) is 4.23. The summed E-state index contributed by atoms with van der Waals surface area (Å²) in [5.41, 5.74) is 3.28. The normalized spacial score (nSPS) is 41.2. The highest BCUT2D eigenvalue weighted by atomic mass is 32.2. The molecule has 0 saturated heterocycles. The average molecular weight is 226 g/mol. The average Bonchev–Trinajstić information content (AvgIpc) is 2.69. The molecule has 0 aromatic heterocycles. The van der Waals surface area contributed by atoms with Gasteiger partial charge in [-0.3, -0.25) is 0 Å². The van der Waals surface area contributed by atoms with Gasteiger partial charge in [0.05, 0.1) is 6.04 Å². The van der Waals surface area contributed by atoms with Gasteiger partial charge in [-0.05, 0) is 31.9 Å². The van der Waals surface area contributed by atoms with Gasteiger partial charge in [-0.25, -0.2) is 0 Å². The number of thioether (sulfide) groups is 1. The fourth-order valence-corrected chi connectivity index (χ4v) is 3.33. The lowest BCUT2D eigenvalue weighted by atomic mass is 9.93. The SMILES string of the molecule is CSC1(C)CCCCC2C=NNC2CC1. The summed E-state index contributed by atoms with van der Waals surface area (Å²) in [6, 6.07) is 0.620. The van der Waals surface area contributed by atoms with E-state index < -0.39 is 0 Å². The van der Waals surface area contributed by atoms with E-state index in [1.54, 1.807) is 0 Å². The number of hydrazone groups is 1. The molecule has 1 aliphatic carbocycles. The van der Waals surface area contributed by atoms with E-state index >= 15 is 0 Å². The van der Waals surface area contributed by atoms with Crippen LogP contribution in [0.1, 0.15) is 45.4 Å². The van der Waals surface area contributed by atoms with E-state index in [0.29, 0.717) is 16.7 Å². The fraction of sp³-hybridized carbons (Fsp3) is 0.917. The van der Waals surface area contributed by atoms with Crippen molar-refractivity contribution in [2.24, 2.45) is 11.0 Å². The van der Waals surface area contributed by atoms with Crippen LogP contribution in [0.4, 0.5) is 0 Å². The third-order valence-electron chi connectivity index (χ3n) is 3.99. The second-order valence-electron chi connectivity index (χ2n) is 5.12. The molecule has 0 amide bonds. The Kier molecular flexibility index (Phi) is 3.60. The van der Waals surface area contributed by atoms with E-state index in [0.717, 1.165) is 0 Å². The molecule has 3 unspecified atom stereocenters. The quantitative estimate of drug-likeness (QED) is 0.743. The highest BCUT2D eigenvalue weighted by molar-refractivity contribution is 7.99. The Morgan fingerprint density at radius 2 is 2.20 bits per heavy atom. The molecule has 1 N–H and O–H groups in total. The standard InChI is InChI=1S/C12H22N2S/c1-12(15-2)7-4-3-5-10-9-13-14-11(10)6-8-12/h9-11,14H,3-8H2,1-2H3. The molecule has 0 bridgehead atoms. The van der Waals surface area contributed by atoms with Crippen LogP contribution in [-0.2, 0) is 0 Å². The highest BCUT2D eigenvalue weighted by Gasteiger charge is 2.30. The molecule has 2 nitrogen and oxygen atoms in total. The number of hydrogen-bond acceptors (Lipinski definition) is 3. The van der Waals surface area contributed by atoms with Gasteiger partial charge in [0.1, 0.15) is 0 Å². The van der Waals surface area contributed by atoms with Crippen molar-refractivity contribution in [2.75, 3.05) is 6.26 Å². The molecule has 86 valence electrons. The maximum Gasteiger partial charge on any atom is 0.0518 e. The number of nitrogens with one attached hydrogen (secondary N) is 1. The van der Waals surface area contributed by atoms with Crippen LogP contribution >= 0.6 is 11.8 Å². The minimum Gasteiger partial charge on any atom is -0.307 e. The first-order valence-electron chi connectivity index (χ1n) is 6.07. The molecule has 3 heteroatoms. The molecule has 1 heterocycles. The van der Waals surface area contributed by atoms with Gasteiger partial charge in [0.2, 0.25) is 0 Å². The smallest absolute Gasteiger partial charge is 0.0518 e. The van der Waals surface area contributed by atoms with Crippen molar-refractivity contribution < 1.29 is 0 Å². The summed E-state index contributed by atoms with van der Waals surface area (Å²) in [6.07, 6.45) is 12.4. The van der Waals surface area contributed by atoms with E-state index in [-0.39, 0.29) is 0 Å². The molecule has 0 aromatic carbocycles. The van der Waals surface area contributed by atoms with Crippen LogP contribution in [-0.4, -0.2) is 23.3 Å². The molecule has 1 saturated carbocycles.